The molecule has 0 amide bonds. The molecule has 0 radical (unpaired) electrons. The fraction of sp³-hybridized carbons (Fsp3) is 0.481. The van der Waals surface area contributed by atoms with E-state index < -0.39 is 78.5 Å². The smallest absolute Gasteiger partial charge is 0.383 e. The quantitative estimate of drug-likeness (QED) is 0.219. The van der Waals surface area contributed by atoms with Gasteiger partial charge in [0.2, 0.25) is 12.4 Å². The highest BCUT2D eigenvalue weighted by atomic mass is 16.7. The summed E-state index contributed by atoms with van der Waals surface area (Å²) < 4.78 is 49.0. The van der Waals surface area contributed by atoms with E-state index in [0.29, 0.717) is 12.4 Å². The molecular weight excluding hydrogens is 564 g/mol. The molecular formula is C27H30O15. The minimum atomic E-state index is -1.71. The van der Waals surface area contributed by atoms with Gasteiger partial charge in [0.25, 0.3) is 5.75 Å². The summed E-state index contributed by atoms with van der Waals surface area (Å²) in [6.07, 6.45) is -7.62. The molecule has 1 aliphatic heterocycles. The molecule has 0 unspecified atom stereocenters. The van der Waals surface area contributed by atoms with Crippen molar-refractivity contribution in [3.05, 3.63) is 28.6 Å². The number of carbonyl (C=O) groups is 5. The first-order valence-corrected chi connectivity index (χ1v) is 12.7. The first kappa shape index (κ1) is 31.9. The van der Waals surface area contributed by atoms with Crippen LogP contribution in [0.3, 0.4) is 0 Å². The van der Waals surface area contributed by atoms with Gasteiger partial charge in [0, 0.05) is 40.7 Å². The number of rotatable bonds is 10. The summed E-state index contributed by atoms with van der Waals surface area (Å²) in [4.78, 5) is 72.6. The molecule has 228 valence electrons. The molecule has 2 heterocycles. The minimum absolute atomic E-state index is 0.0255. The van der Waals surface area contributed by atoms with E-state index in [0.717, 1.165) is 34.6 Å². The molecule has 1 aliphatic rings. The van der Waals surface area contributed by atoms with Gasteiger partial charge in [-0.3, -0.25) is 24.0 Å². The van der Waals surface area contributed by atoms with Crippen molar-refractivity contribution in [1.82, 2.24) is 0 Å². The van der Waals surface area contributed by atoms with Crippen molar-refractivity contribution in [2.24, 2.45) is 0 Å². The zero-order valence-corrected chi connectivity index (χ0v) is 23.7. The number of carbonyl (C=O) groups excluding carboxylic acids is 5. The van der Waals surface area contributed by atoms with Gasteiger partial charge >= 0.3 is 35.5 Å². The van der Waals surface area contributed by atoms with Gasteiger partial charge in [-0.15, -0.1) is 0 Å². The average Bonchev–Trinajstić information content (AvgIpc) is 2.87. The zero-order valence-electron chi connectivity index (χ0n) is 23.7. The van der Waals surface area contributed by atoms with Crippen molar-refractivity contribution in [3.63, 3.8) is 0 Å². The third-order valence-electron chi connectivity index (χ3n) is 5.53. The summed E-state index contributed by atoms with van der Waals surface area (Å²) in [7, 11) is 0. The molecule has 5 atom stereocenters. The van der Waals surface area contributed by atoms with Crippen LogP contribution in [0.5, 0.6) is 17.2 Å². The maximum absolute atomic E-state index is 12.9. The standard InChI is InChI=1S/C27H30O15/c1-7-34-17-8-9-18-19(10-17)40-26(33)24(38-15(5)31)21(18)42-27-25(39-16(6)32)23(37-14(4)30)22(36-13(3)29)20(41-27)11-35-12(2)28/h8-10,20,22-23,25,27H,7,11H2,1-6H3/t20-,22-,23+,25-,27+/m1/s1. The molecule has 1 fully saturated rings. The lowest BCUT2D eigenvalue weighted by Gasteiger charge is -2.44. The molecule has 2 aromatic rings. The second-order valence-electron chi connectivity index (χ2n) is 8.92. The molecule has 3 rings (SSSR count). The van der Waals surface area contributed by atoms with E-state index >= 15 is 0 Å². The molecule has 0 aliphatic carbocycles. The lowest BCUT2D eigenvalue weighted by Crippen LogP contribution is -2.63. The van der Waals surface area contributed by atoms with E-state index in [2.05, 4.69) is 0 Å². The van der Waals surface area contributed by atoms with Gasteiger partial charge in [-0.25, -0.2) is 4.79 Å². The third kappa shape index (κ3) is 7.96. The third-order valence-corrected chi connectivity index (χ3v) is 5.53. The molecule has 0 spiro atoms. The Hall–Kier alpha value is -4.66. The van der Waals surface area contributed by atoms with Gasteiger partial charge in [-0.2, -0.15) is 0 Å². The van der Waals surface area contributed by atoms with Crippen molar-refractivity contribution in [1.29, 1.82) is 0 Å². The lowest BCUT2D eigenvalue weighted by atomic mass is 9.98. The van der Waals surface area contributed by atoms with Gasteiger partial charge in [0.1, 0.15) is 24.0 Å². The van der Waals surface area contributed by atoms with Crippen LogP contribution >= 0.6 is 0 Å². The van der Waals surface area contributed by atoms with E-state index in [1.54, 1.807) is 6.92 Å². The predicted molar refractivity (Wildman–Crippen MR) is 138 cm³/mol. The molecule has 1 saturated heterocycles. The van der Waals surface area contributed by atoms with Crippen LogP contribution in [0, 0.1) is 0 Å². The van der Waals surface area contributed by atoms with Crippen molar-refractivity contribution in [3.8, 4) is 17.2 Å². The Bertz CT molecular complexity index is 1410. The molecule has 0 N–H and O–H groups in total. The van der Waals surface area contributed by atoms with Crippen LogP contribution in [0.1, 0.15) is 41.5 Å². The molecule has 1 aromatic carbocycles. The summed E-state index contributed by atoms with van der Waals surface area (Å²) in [5.41, 5.74) is -1.13. The lowest BCUT2D eigenvalue weighted by molar-refractivity contribution is -0.288. The molecule has 0 saturated carbocycles. The number of benzene rings is 1. The summed E-state index contributed by atoms with van der Waals surface area (Å²) >= 11 is 0. The van der Waals surface area contributed by atoms with E-state index in [1.165, 1.54) is 18.2 Å². The fourth-order valence-electron chi connectivity index (χ4n) is 4.14. The van der Waals surface area contributed by atoms with Crippen LogP contribution in [-0.2, 0) is 47.7 Å². The van der Waals surface area contributed by atoms with Crippen LogP contribution in [0.25, 0.3) is 11.0 Å². The van der Waals surface area contributed by atoms with Gasteiger partial charge < -0.3 is 42.3 Å². The van der Waals surface area contributed by atoms with Crippen molar-refractivity contribution in [2.45, 2.75) is 72.2 Å². The van der Waals surface area contributed by atoms with E-state index in [-0.39, 0.29) is 16.7 Å². The Morgan fingerprint density at radius 2 is 1.40 bits per heavy atom. The van der Waals surface area contributed by atoms with Crippen LogP contribution in [-0.4, -0.2) is 73.8 Å². The van der Waals surface area contributed by atoms with Gasteiger partial charge in [0.05, 0.1) is 12.0 Å². The Labute approximate surface area is 238 Å². The fourth-order valence-corrected chi connectivity index (χ4v) is 4.14. The highest BCUT2D eigenvalue weighted by Gasteiger charge is 2.53. The van der Waals surface area contributed by atoms with E-state index in [9.17, 15) is 28.8 Å². The predicted octanol–water partition coefficient (Wildman–Crippen LogP) is 1.58. The first-order chi connectivity index (χ1) is 19.8. The number of fused-ring (bicyclic) bond motifs is 1. The second-order valence-corrected chi connectivity index (χ2v) is 8.92. The summed E-state index contributed by atoms with van der Waals surface area (Å²) in [6, 6.07) is 4.39. The molecule has 1 aromatic heterocycles. The Morgan fingerprint density at radius 1 is 0.786 bits per heavy atom. The zero-order chi connectivity index (χ0) is 31.1. The van der Waals surface area contributed by atoms with Gasteiger partial charge in [-0.1, -0.05) is 0 Å². The highest BCUT2D eigenvalue weighted by molar-refractivity contribution is 5.87. The second kappa shape index (κ2) is 13.8. The van der Waals surface area contributed by atoms with Crippen molar-refractivity contribution >= 4 is 40.8 Å². The number of ether oxygens (including phenoxy) is 8. The average molecular weight is 595 g/mol. The van der Waals surface area contributed by atoms with E-state index in [1.807, 2.05) is 0 Å². The van der Waals surface area contributed by atoms with Gasteiger partial charge in [0.15, 0.2) is 18.0 Å². The van der Waals surface area contributed by atoms with Crippen LogP contribution in [0.15, 0.2) is 27.4 Å². The van der Waals surface area contributed by atoms with Crippen LogP contribution in [0.2, 0.25) is 0 Å². The molecule has 15 heteroatoms. The maximum Gasteiger partial charge on any atom is 0.383 e. The Balaban J connectivity index is 2.21. The Kier molecular flexibility index (Phi) is 10.5. The number of esters is 5. The van der Waals surface area contributed by atoms with Crippen molar-refractivity contribution in [2.75, 3.05) is 13.2 Å². The van der Waals surface area contributed by atoms with Crippen LogP contribution < -0.4 is 19.8 Å². The van der Waals surface area contributed by atoms with E-state index in [4.69, 9.17) is 42.3 Å². The summed E-state index contributed by atoms with van der Waals surface area (Å²) in [5.74, 6) is -4.80. The molecule has 42 heavy (non-hydrogen) atoms. The molecule has 15 nitrogen and oxygen atoms in total. The van der Waals surface area contributed by atoms with Crippen molar-refractivity contribution < 1.29 is 66.3 Å². The number of hydrogen-bond acceptors (Lipinski definition) is 15. The normalized spacial score (nSPS) is 21.5. The van der Waals surface area contributed by atoms with Gasteiger partial charge in [-0.05, 0) is 19.1 Å². The first-order valence-electron chi connectivity index (χ1n) is 12.7. The highest BCUT2D eigenvalue weighted by Crippen LogP contribution is 2.38. The largest absolute Gasteiger partial charge is 0.494 e. The SMILES string of the molecule is CCOc1ccc2c(O[C@@H]3O[C@H](COC(C)=O)[C@@H](OC(C)=O)[C@H](OC(C)=O)[C@H]3OC(C)=O)c(OC(C)=O)c(=O)oc2c1. The monoisotopic (exact) mass is 594 g/mol. The minimum Gasteiger partial charge on any atom is -0.494 e. The summed E-state index contributed by atoms with van der Waals surface area (Å²) in [6.45, 7) is 6.92. The maximum atomic E-state index is 12.9. The van der Waals surface area contributed by atoms with Crippen LogP contribution in [0.4, 0.5) is 0 Å². The number of hydrogen-bond donors (Lipinski definition) is 0. The summed E-state index contributed by atoms with van der Waals surface area (Å²) in [5, 5.41) is 0.113. The topological polar surface area (TPSA) is 189 Å². The Morgan fingerprint density at radius 3 is 1.98 bits per heavy atom. The molecule has 0 bridgehead atoms.